The average molecular weight is 426 g/mol. The lowest BCUT2D eigenvalue weighted by atomic mass is 10.2. The van der Waals surface area contributed by atoms with Crippen molar-refractivity contribution in [1.29, 1.82) is 0 Å². The van der Waals surface area contributed by atoms with Gasteiger partial charge < -0.3 is 14.1 Å². The topological polar surface area (TPSA) is 75.4 Å². The minimum Gasteiger partial charge on any atom is -0.465 e. The fraction of sp³-hybridized carbons (Fsp3) is 0.318. The summed E-state index contributed by atoms with van der Waals surface area (Å²) in [6.07, 6.45) is 4.12. The average Bonchev–Trinajstić information content (AvgIpc) is 3.49. The van der Waals surface area contributed by atoms with E-state index in [2.05, 4.69) is 9.89 Å². The number of benzene rings is 1. The van der Waals surface area contributed by atoms with Gasteiger partial charge in [0.15, 0.2) is 11.1 Å². The van der Waals surface area contributed by atoms with Gasteiger partial charge in [0, 0.05) is 31.8 Å². The fourth-order valence-corrected chi connectivity index (χ4v) is 4.50. The number of amidine groups is 1. The molecule has 30 heavy (non-hydrogen) atoms. The monoisotopic (exact) mass is 425 g/mol. The molecule has 0 bridgehead atoms. The highest BCUT2D eigenvalue weighted by Crippen LogP contribution is 2.35. The minimum atomic E-state index is -0.424. The van der Waals surface area contributed by atoms with Gasteiger partial charge in [0.1, 0.15) is 5.76 Å². The van der Waals surface area contributed by atoms with Crippen LogP contribution in [-0.4, -0.2) is 48.7 Å². The number of carbonyl (C=O) groups excluding carboxylic acids is 2. The van der Waals surface area contributed by atoms with Gasteiger partial charge in [-0.1, -0.05) is 6.07 Å². The summed E-state index contributed by atoms with van der Waals surface area (Å²) in [5.74, 6) is 0.963. The second kappa shape index (κ2) is 8.79. The van der Waals surface area contributed by atoms with Gasteiger partial charge in [-0.15, -0.1) is 0 Å². The summed E-state index contributed by atoms with van der Waals surface area (Å²) in [7, 11) is 1.34. The third kappa shape index (κ3) is 4.14. The van der Waals surface area contributed by atoms with Crippen molar-refractivity contribution in [2.45, 2.75) is 19.8 Å². The number of hydrogen-bond acceptors (Lipinski definition) is 7. The van der Waals surface area contributed by atoms with E-state index in [1.54, 1.807) is 35.2 Å². The van der Waals surface area contributed by atoms with Crippen LogP contribution in [-0.2, 0) is 9.53 Å². The SMILES string of the molecule is CCN1C(=O)C(=Cc2ccc(N3CCCC3)o2)SC1=Nc1cccc(C(=O)OC)c1. The standard InChI is InChI=1S/C22H23N3O4S/c1-3-25-20(26)18(14-17-9-10-19(29-17)24-11-4-5-12-24)30-22(25)23-16-8-6-7-15(13-16)21(27)28-2/h6-10,13-14H,3-5,11-12H2,1-2H3. The predicted octanol–water partition coefficient (Wildman–Crippen LogP) is 4.29. The number of amides is 1. The number of anilines is 1. The van der Waals surface area contributed by atoms with Gasteiger partial charge in [0.2, 0.25) is 0 Å². The van der Waals surface area contributed by atoms with E-state index in [1.165, 1.54) is 31.7 Å². The highest BCUT2D eigenvalue weighted by molar-refractivity contribution is 8.18. The van der Waals surface area contributed by atoms with Crippen LogP contribution in [0, 0.1) is 0 Å². The molecule has 4 rings (SSSR count). The second-order valence-corrected chi connectivity index (χ2v) is 7.98. The van der Waals surface area contributed by atoms with E-state index in [9.17, 15) is 9.59 Å². The zero-order valence-corrected chi connectivity index (χ0v) is 17.8. The van der Waals surface area contributed by atoms with E-state index in [0.29, 0.717) is 33.6 Å². The third-order valence-corrected chi connectivity index (χ3v) is 6.01. The van der Waals surface area contributed by atoms with Crippen molar-refractivity contribution in [3.8, 4) is 0 Å². The smallest absolute Gasteiger partial charge is 0.337 e. The molecule has 0 aliphatic carbocycles. The van der Waals surface area contributed by atoms with E-state index in [-0.39, 0.29) is 5.91 Å². The van der Waals surface area contributed by atoms with Gasteiger partial charge >= 0.3 is 5.97 Å². The normalized spacial score (nSPS) is 19.3. The number of nitrogens with zero attached hydrogens (tertiary/aromatic N) is 3. The maximum Gasteiger partial charge on any atom is 0.337 e. The molecule has 156 valence electrons. The highest BCUT2D eigenvalue weighted by atomic mass is 32.2. The number of methoxy groups -OCH3 is 1. The van der Waals surface area contributed by atoms with Crippen LogP contribution < -0.4 is 4.90 Å². The Balaban J connectivity index is 1.58. The third-order valence-electron chi connectivity index (χ3n) is 5.00. The molecule has 0 unspecified atom stereocenters. The van der Waals surface area contributed by atoms with Crippen molar-refractivity contribution < 1.29 is 18.7 Å². The van der Waals surface area contributed by atoms with Gasteiger partial charge in [-0.05, 0) is 55.8 Å². The van der Waals surface area contributed by atoms with Crippen molar-refractivity contribution in [2.75, 3.05) is 31.6 Å². The van der Waals surface area contributed by atoms with Gasteiger partial charge in [0.25, 0.3) is 5.91 Å². The van der Waals surface area contributed by atoms with Crippen LogP contribution in [0.1, 0.15) is 35.9 Å². The molecule has 2 aromatic rings. The molecule has 0 N–H and O–H groups in total. The minimum absolute atomic E-state index is 0.107. The lowest BCUT2D eigenvalue weighted by Crippen LogP contribution is -2.28. The number of likely N-dealkylation sites (N-methyl/N-ethyl adjacent to an activating group) is 1. The molecule has 2 fully saturated rings. The van der Waals surface area contributed by atoms with Crippen LogP contribution in [0.2, 0.25) is 0 Å². The Hall–Kier alpha value is -3.00. The molecule has 2 aliphatic rings. The maximum atomic E-state index is 12.9. The maximum absolute atomic E-state index is 12.9. The summed E-state index contributed by atoms with van der Waals surface area (Å²) in [4.78, 5) is 33.6. The Morgan fingerprint density at radius 1 is 1.27 bits per heavy atom. The summed E-state index contributed by atoms with van der Waals surface area (Å²) >= 11 is 1.30. The van der Waals surface area contributed by atoms with Crippen molar-refractivity contribution in [3.05, 3.63) is 52.6 Å². The molecule has 1 aromatic carbocycles. The Bertz CT molecular complexity index is 1020. The quantitative estimate of drug-likeness (QED) is 0.525. The lowest BCUT2D eigenvalue weighted by Gasteiger charge is -2.12. The molecule has 0 spiro atoms. The molecule has 1 aromatic heterocycles. The Kier molecular flexibility index (Phi) is 5.94. The molecule has 0 radical (unpaired) electrons. The summed E-state index contributed by atoms with van der Waals surface area (Å²) in [6.45, 7) is 4.40. The summed E-state index contributed by atoms with van der Waals surface area (Å²) in [5, 5.41) is 0.571. The van der Waals surface area contributed by atoms with Crippen LogP contribution in [0.15, 0.2) is 50.7 Å². The van der Waals surface area contributed by atoms with E-state index in [1.807, 2.05) is 19.1 Å². The van der Waals surface area contributed by atoms with E-state index in [4.69, 9.17) is 9.15 Å². The van der Waals surface area contributed by atoms with E-state index < -0.39 is 5.97 Å². The number of hydrogen-bond donors (Lipinski definition) is 0. The van der Waals surface area contributed by atoms with Crippen molar-refractivity contribution in [3.63, 3.8) is 0 Å². The summed E-state index contributed by atoms with van der Waals surface area (Å²) in [6, 6.07) is 10.7. The second-order valence-electron chi connectivity index (χ2n) is 6.97. The van der Waals surface area contributed by atoms with Crippen LogP contribution in [0.4, 0.5) is 11.6 Å². The molecule has 0 atom stereocenters. The molecule has 2 aliphatic heterocycles. The first-order valence-electron chi connectivity index (χ1n) is 9.92. The van der Waals surface area contributed by atoms with Crippen LogP contribution >= 0.6 is 11.8 Å². The molecule has 3 heterocycles. The molecule has 1 amide bonds. The molecule has 2 saturated heterocycles. The zero-order valence-electron chi connectivity index (χ0n) is 17.0. The Labute approximate surface area is 179 Å². The first-order chi connectivity index (χ1) is 14.6. The first-order valence-corrected chi connectivity index (χ1v) is 10.7. The van der Waals surface area contributed by atoms with Gasteiger partial charge in [-0.25, -0.2) is 9.79 Å². The molecule has 0 saturated carbocycles. The van der Waals surface area contributed by atoms with Gasteiger partial charge in [0.05, 0.1) is 23.3 Å². The van der Waals surface area contributed by atoms with Crippen LogP contribution in [0.3, 0.4) is 0 Å². The number of rotatable bonds is 5. The molecule has 8 heteroatoms. The number of furan rings is 1. The van der Waals surface area contributed by atoms with Crippen molar-refractivity contribution in [1.82, 2.24) is 4.90 Å². The summed E-state index contributed by atoms with van der Waals surface area (Å²) in [5.41, 5.74) is 1.000. The number of aliphatic imine (C=N–C) groups is 1. The van der Waals surface area contributed by atoms with Gasteiger partial charge in [-0.3, -0.25) is 9.69 Å². The molecule has 7 nitrogen and oxygen atoms in total. The number of ether oxygens (including phenoxy) is 1. The zero-order chi connectivity index (χ0) is 21.1. The highest BCUT2D eigenvalue weighted by Gasteiger charge is 2.32. The van der Waals surface area contributed by atoms with Crippen LogP contribution in [0.5, 0.6) is 0 Å². The number of esters is 1. The van der Waals surface area contributed by atoms with Crippen molar-refractivity contribution in [2.24, 2.45) is 4.99 Å². The van der Waals surface area contributed by atoms with E-state index >= 15 is 0 Å². The predicted molar refractivity (Wildman–Crippen MR) is 118 cm³/mol. The molecular formula is C22H23N3O4S. The first kappa shape index (κ1) is 20.3. The number of thioether (sulfide) groups is 1. The lowest BCUT2D eigenvalue weighted by molar-refractivity contribution is -0.122. The summed E-state index contributed by atoms with van der Waals surface area (Å²) < 4.78 is 10.7. The van der Waals surface area contributed by atoms with Crippen LogP contribution in [0.25, 0.3) is 6.08 Å². The Morgan fingerprint density at radius 3 is 2.80 bits per heavy atom. The van der Waals surface area contributed by atoms with E-state index in [0.717, 1.165) is 19.0 Å². The molecular weight excluding hydrogens is 402 g/mol. The largest absolute Gasteiger partial charge is 0.465 e. The number of carbonyl (C=O) groups is 2. The van der Waals surface area contributed by atoms with Crippen molar-refractivity contribution >= 4 is 46.5 Å². The van der Waals surface area contributed by atoms with Gasteiger partial charge in [-0.2, -0.15) is 0 Å². The fourth-order valence-electron chi connectivity index (χ4n) is 3.46. The Morgan fingerprint density at radius 2 is 2.07 bits per heavy atom.